The molecule has 0 aromatic heterocycles. The van der Waals surface area contributed by atoms with Crippen molar-refractivity contribution in [3.05, 3.63) is 34.9 Å². The zero-order valence-electron chi connectivity index (χ0n) is 12.4. The number of carbonyl (C=O) groups excluding carboxylic acids is 1. The number of halogens is 1. The number of hydrogen-bond acceptors (Lipinski definition) is 2. The highest BCUT2D eigenvalue weighted by molar-refractivity contribution is 6.30. The van der Waals surface area contributed by atoms with E-state index in [0.717, 1.165) is 5.56 Å². The second kappa shape index (κ2) is 7.88. The van der Waals surface area contributed by atoms with E-state index in [9.17, 15) is 9.59 Å². The SMILES string of the molecule is CC(C)CC(NC(=O)NC(C)c1ccc(Cl)cc1)C(=O)O. The van der Waals surface area contributed by atoms with E-state index in [-0.39, 0.29) is 12.0 Å². The molecule has 0 aliphatic rings. The van der Waals surface area contributed by atoms with Gasteiger partial charge >= 0.3 is 12.0 Å². The lowest BCUT2D eigenvalue weighted by atomic mass is 10.0. The maximum atomic E-state index is 11.9. The van der Waals surface area contributed by atoms with Crippen LogP contribution in [0.5, 0.6) is 0 Å². The van der Waals surface area contributed by atoms with Crippen molar-refractivity contribution in [2.24, 2.45) is 5.92 Å². The highest BCUT2D eigenvalue weighted by atomic mass is 35.5. The Bertz CT molecular complexity index is 488. The molecular weight excluding hydrogens is 292 g/mol. The van der Waals surface area contributed by atoms with E-state index in [4.69, 9.17) is 16.7 Å². The van der Waals surface area contributed by atoms with Gasteiger partial charge in [-0.15, -0.1) is 0 Å². The Morgan fingerprint density at radius 1 is 1.14 bits per heavy atom. The van der Waals surface area contributed by atoms with Crippen LogP contribution < -0.4 is 10.6 Å². The van der Waals surface area contributed by atoms with E-state index in [1.165, 1.54) is 0 Å². The summed E-state index contributed by atoms with van der Waals surface area (Å²) in [6.45, 7) is 5.64. The van der Waals surface area contributed by atoms with Gasteiger partial charge in [0.15, 0.2) is 0 Å². The second-order valence-electron chi connectivity index (χ2n) is 5.41. The molecule has 1 rings (SSSR count). The minimum absolute atomic E-state index is 0.181. The molecule has 0 aliphatic heterocycles. The van der Waals surface area contributed by atoms with E-state index >= 15 is 0 Å². The third-order valence-corrected chi connectivity index (χ3v) is 3.28. The van der Waals surface area contributed by atoms with Gasteiger partial charge in [0.05, 0.1) is 6.04 Å². The maximum Gasteiger partial charge on any atom is 0.326 e. The van der Waals surface area contributed by atoms with Crippen molar-refractivity contribution >= 4 is 23.6 Å². The fraction of sp³-hybridized carbons (Fsp3) is 0.467. The van der Waals surface area contributed by atoms with Crippen LogP contribution in [-0.4, -0.2) is 23.1 Å². The van der Waals surface area contributed by atoms with Crippen LogP contribution in [0.1, 0.15) is 38.8 Å². The van der Waals surface area contributed by atoms with Crippen molar-refractivity contribution in [1.29, 1.82) is 0 Å². The van der Waals surface area contributed by atoms with Crippen LogP contribution in [0, 0.1) is 5.92 Å². The number of carboxylic acids is 1. The number of hydrogen-bond donors (Lipinski definition) is 3. The molecule has 116 valence electrons. The molecule has 21 heavy (non-hydrogen) atoms. The summed E-state index contributed by atoms with van der Waals surface area (Å²) in [7, 11) is 0. The first-order valence-electron chi connectivity index (χ1n) is 6.85. The average molecular weight is 313 g/mol. The average Bonchev–Trinajstić information content (AvgIpc) is 2.37. The molecule has 1 aromatic carbocycles. The summed E-state index contributed by atoms with van der Waals surface area (Å²) in [5.74, 6) is -0.849. The van der Waals surface area contributed by atoms with E-state index in [1.807, 2.05) is 32.9 Å². The van der Waals surface area contributed by atoms with Gasteiger partial charge in [-0.1, -0.05) is 37.6 Å². The Kier molecular flexibility index (Phi) is 6.49. The van der Waals surface area contributed by atoms with Crippen LogP contribution in [-0.2, 0) is 4.79 Å². The Morgan fingerprint density at radius 2 is 1.71 bits per heavy atom. The van der Waals surface area contributed by atoms with E-state index in [0.29, 0.717) is 11.4 Å². The fourth-order valence-corrected chi connectivity index (χ4v) is 2.05. The summed E-state index contributed by atoms with van der Waals surface area (Å²) in [5.41, 5.74) is 0.894. The molecule has 6 heteroatoms. The molecule has 0 spiro atoms. The number of carbonyl (C=O) groups is 2. The van der Waals surface area contributed by atoms with Gasteiger partial charge in [-0.05, 0) is 37.0 Å². The van der Waals surface area contributed by atoms with Gasteiger partial charge in [0, 0.05) is 5.02 Å². The van der Waals surface area contributed by atoms with Crippen LogP contribution in [0.15, 0.2) is 24.3 Å². The van der Waals surface area contributed by atoms with Gasteiger partial charge in [0.2, 0.25) is 0 Å². The molecule has 0 bridgehead atoms. The normalized spacial score (nSPS) is 13.6. The first-order chi connectivity index (χ1) is 9.79. The minimum atomic E-state index is -1.03. The van der Waals surface area contributed by atoms with Gasteiger partial charge in [-0.2, -0.15) is 0 Å². The van der Waals surface area contributed by atoms with Crippen molar-refractivity contribution in [2.45, 2.75) is 39.3 Å². The Balaban J connectivity index is 2.59. The van der Waals surface area contributed by atoms with Crippen molar-refractivity contribution < 1.29 is 14.7 Å². The van der Waals surface area contributed by atoms with Crippen LogP contribution >= 0.6 is 11.6 Å². The van der Waals surface area contributed by atoms with Crippen molar-refractivity contribution in [3.63, 3.8) is 0 Å². The molecule has 0 saturated carbocycles. The van der Waals surface area contributed by atoms with Crippen LogP contribution in [0.25, 0.3) is 0 Å². The highest BCUT2D eigenvalue weighted by Crippen LogP contribution is 2.16. The monoisotopic (exact) mass is 312 g/mol. The van der Waals surface area contributed by atoms with E-state index in [1.54, 1.807) is 12.1 Å². The summed E-state index contributed by atoms with van der Waals surface area (Å²) < 4.78 is 0. The number of aliphatic carboxylic acids is 1. The second-order valence-corrected chi connectivity index (χ2v) is 5.85. The molecule has 0 fully saturated rings. The lowest BCUT2D eigenvalue weighted by molar-refractivity contribution is -0.139. The molecule has 2 unspecified atom stereocenters. The van der Waals surface area contributed by atoms with E-state index < -0.39 is 18.0 Å². The van der Waals surface area contributed by atoms with Crippen LogP contribution in [0.2, 0.25) is 5.02 Å². The lowest BCUT2D eigenvalue weighted by Gasteiger charge is -2.19. The van der Waals surface area contributed by atoms with Gasteiger partial charge in [0.1, 0.15) is 6.04 Å². The number of amides is 2. The van der Waals surface area contributed by atoms with Crippen molar-refractivity contribution in [2.75, 3.05) is 0 Å². The zero-order chi connectivity index (χ0) is 16.0. The van der Waals surface area contributed by atoms with Crippen molar-refractivity contribution in [3.8, 4) is 0 Å². The molecule has 0 heterocycles. The smallest absolute Gasteiger partial charge is 0.326 e. The third kappa shape index (κ3) is 6.04. The molecule has 2 atom stereocenters. The van der Waals surface area contributed by atoms with Gasteiger partial charge in [-0.3, -0.25) is 0 Å². The minimum Gasteiger partial charge on any atom is -0.480 e. The molecule has 0 radical (unpaired) electrons. The van der Waals surface area contributed by atoms with Crippen LogP contribution in [0.4, 0.5) is 4.79 Å². The van der Waals surface area contributed by atoms with Crippen molar-refractivity contribution in [1.82, 2.24) is 10.6 Å². The number of carboxylic acid groups (broad SMARTS) is 1. The summed E-state index contributed by atoms with van der Waals surface area (Å²) in [5, 5.41) is 14.9. The largest absolute Gasteiger partial charge is 0.480 e. The fourth-order valence-electron chi connectivity index (χ4n) is 1.92. The summed E-state index contributed by atoms with van der Waals surface area (Å²) >= 11 is 5.81. The molecule has 0 saturated heterocycles. The molecular formula is C15H21ClN2O3. The van der Waals surface area contributed by atoms with Gasteiger partial charge in [-0.25, -0.2) is 9.59 Å². The topological polar surface area (TPSA) is 78.4 Å². The Hall–Kier alpha value is -1.75. The Morgan fingerprint density at radius 3 is 2.19 bits per heavy atom. The third-order valence-electron chi connectivity index (χ3n) is 3.03. The number of nitrogens with one attached hydrogen (secondary N) is 2. The summed E-state index contributed by atoms with van der Waals surface area (Å²) in [4.78, 5) is 23.0. The number of rotatable bonds is 6. The molecule has 0 aliphatic carbocycles. The number of urea groups is 1. The highest BCUT2D eigenvalue weighted by Gasteiger charge is 2.21. The Labute approximate surface area is 129 Å². The predicted molar refractivity (Wildman–Crippen MR) is 82.4 cm³/mol. The predicted octanol–water partition coefficient (Wildman–Crippen LogP) is 3.20. The van der Waals surface area contributed by atoms with Crippen LogP contribution in [0.3, 0.4) is 0 Å². The molecule has 2 amide bonds. The van der Waals surface area contributed by atoms with Gasteiger partial charge < -0.3 is 15.7 Å². The van der Waals surface area contributed by atoms with Gasteiger partial charge in [0.25, 0.3) is 0 Å². The first kappa shape index (κ1) is 17.3. The number of benzene rings is 1. The standard InChI is InChI=1S/C15H21ClN2O3/c1-9(2)8-13(14(19)20)18-15(21)17-10(3)11-4-6-12(16)7-5-11/h4-7,9-10,13H,8H2,1-3H3,(H,19,20)(H2,17,18,21). The lowest BCUT2D eigenvalue weighted by Crippen LogP contribution is -2.47. The molecule has 5 nitrogen and oxygen atoms in total. The first-order valence-corrected chi connectivity index (χ1v) is 7.22. The molecule has 3 N–H and O–H groups in total. The summed E-state index contributed by atoms with van der Waals surface area (Å²) in [6.07, 6.45) is 0.387. The van der Waals surface area contributed by atoms with E-state index in [2.05, 4.69) is 10.6 Å². The zero-order valence-corrected chi connectivity index (χ0v) is 13.1. The molecule has 1 aromatic rings. The quantitative estimate of drug-likeness (QED) is 0.754. The summed E-state index contributed by atoms with van der Waals surface area (Å²) in [6, 6.07) is 5.49. The maximum absolute atomic E-state index is 11.9.